The fraction of sp³-hybridized carbons (Fsp3) is 0.625. The summed E-state index contributed by atoms with van der Waals surface area (Å²) >= 11 is 0. The lowest BCUT2D eigenvalue weighted by Gasteiger charge is -2.13. The number of rotatable bonds is 10. The Kier molecular flexibility index (Phi) is 8.07. The van der Waals surface area contributed by atoms with Crippen LogP contribution < -0.4 is 14.8 Å². The minimum atomic E-state index is 0.531. The number of nitrogens with one attached hydrogen (secondary N) is 1. The number of benzene rings is 1. The molecule has 0 amide bonds. The van der Waals surface area contributed by atoms with Gasteiger partial charge in [0.2, 0.25) is 0 Å². The van der Waals surface area contributed by atoms with E-state index in [-0.39, 0.29) is 0 Å². The van der Waals surface area contributed by atoms with Gasteiger partial charge >= 0.3 is 0 Å². The molecule has 1 atom stereocenters. The number of methoxy groups -OCH3 is 1. The van der Waals surface area contributed by atoms with Gasteiger partial charge in [0.25, 0.3) is 0 Å². The van der Waals surface area contributed by atoms with E-state index in [2.05, 4.69) is 19.2 Å². The molecule has 0 aliphatic heterocycles. The monoisotopic (exact) mass is 281 g/mol. The third-order valence-electron chi connectivity index (χ3n) is 3.16. The van der Waals surface area contributed by atoms with Gasteiger partial charge in [0.05, 0.1) is 20.3 Å². The van der Waals surface area contributed by atoms with Crippen LogP contribution in [0.25, 0.3) is 0 Å². The van der Waals surface area contributed by atoms with Crippen molar-refractivity contribution in [2.75, 3.05) is 33.5 Å². The van der Waals surface area contributed by atoms with E-state index in [0.717, 1.165) is 30.0 Å². The van der Waals surface area contributed by atoms with Gasteiger partial charge in [-0.2, -0.15) is 0 Å². The van der Waals surface area contributed by atoms with E-state index >= 15 is 0 Å². The third-order valence-corrected chi connectivity index (χ3v) is 3.16. The maximum atomic E-state index is 5.66. The van der Waals surface area contributed by atoms with Crippen LogP contribution in [0.3, 0.4) is 0 Å². The van der Waals surface area contributed by atoms with E-state index in [0.29, 0.717) is 25.9 Å². The first-order chi connectivity index (χ1) is 9.67. The van der Waals surface area contributed by atoms with Crippen LogP contribution in [0.2, 0.25) is 0 Å². The summed E-state index contributed by atoms with van der Waals surface area (Å²) in [6.45, 7) is 9.07. The molecule has 1 rings (SSSR count). The third kappa shape index (κ3) is 6.26. The predicted octanol–water partition coefficient (Wildman–Crippen LogP) is 2.79. The summed E-state index contributed by atoms with van der Waals surface area (Å²) in [7, 11) is 1.65. The minimum absolute atomic E-state index is 0.531. The molecule has 1 N–H and O–H groups in total. The highest BCUT2D eigenvalue weighted by atomic mass is 16.5. The van der Waals surface area contributed by atoms with Crippen molar-refractivity contribution in [3.63, 3.8) is 0 Å². The highest BCUT2D eigenvalue weighted by Crippen LogP contribution is 2.27. The number of ether oxygens (including phenoxy) is 3. The Balaban J connectivity index is 2.15. The standard InChI is InChI=1S/C16H27NO3/c1-5-14(3)17-8-9-19-10-11-20-15-7-6-13(2)12-16(15)18-4/h6-7,12,14,17H,5,8-11H2,1-4H3/t14-/m1/s1. The Morgan fingerprint density at radius 2 is 1.95 bits per heavy atom. The maximum absolute atomic E-state index is 5.66. The normalized spacial score (nSPS) is 12.2. The molecule has 20 heavy (non-hydrogen) atoms. The second-order valence-corrected chi connectivity index (χ2v) is 4.88. The average molecular weight is 281 g/mol. The molecule has 1 aromatic rings. The molecule has 0 bridgehead atoms. The number of hydrogen-bond acceptors (Lipinski definition) is 4. The zero-order valence-corrected chi connectivity index (χ0v) is 13.1. The quantitative estimate of drug-likeness (QED) is 0.669. The summed E-state index contributed by atoms with van der Waals surface area (Å²) < 4.78 is 16.5. The summed E-state index contributed by atoms with van der Waals surface area (Å²) in [6.07, 6.45) is 1.14. The lowest BCUT2D eigenvalue weighted by molar-refractivity contribution is 0.0994. The Morgan fingerprint density at radius 3 is 2.65 bits per heavy atom. The second kappa shape index (κ2) is 9.61. The van der Waals surface area contributed by atoms with Crippen molar-refractivity contribution in [2.24, 2.45) is 0 Å². The highest BCUT2D eigenvalue weighted by molar-refractivity contribution is 5.42. The molecule has 0 saturated heterocycles. The average Bonchev–Trinajstić information content (AvgIpc) is 2.47. The van der Waals surface area contributed by atoms with Crippen LogP contribution in [0.15, 0.2) is 18.2 Å². The number of aryl methyl sites for hydroxylation is 1. The van der Waals surface area contributed by atoms with E-state index in [1.807, 2.05) is 25.1 Å². The van der Waals surface area contributed by atoms with Crippen molar-refractivity contribution in [2.45, 2.75) is 33.2 Å². The molecule has 0 spiro atoms. The number of hydrogen-bond donors (Lipinski definition) is 1. The fourth-order valence-corrected chi connectivity index (χ4v) is 1.73. The first-order valence-electron chi connectivity index (χ1n) is 7.26. The molecule has 1 aromatic carbocycles. The molecule has 0 radical (unpaired) electrons. The van der Waals surface area contributed by atoms with Crippen LogP contribution in [-0.2, 0) is 4.74 Å². The Morgan fingerprint density at radius 1 is 1.15 bits per heavy atom. The summed E-state index contributed by atoms with van der Waals surface area (Å²) in [5.74, 6) is 1.53. The van der Waals surface area contributed by atoms with Crippen molar-refractivity contribution < 1.29 is 14.2 Å². The van der Waals surface area contributed by atoms with Gasteiger partial charge in [0.1, 0.15) is 6.61 Å². The van der Waals surface area contributed by atoms with E-state index in [4.69, 9.17) is 14.2 Å². The van der Waals surface area contributed by atoms with Crippen LogP contribution in [0.1, 0.15) is 25.8 Å². The topological polar surface area (TPSA) is 39.7 Å². The van der Waals surface area contributed by atoms with Gasteiger partial charge in [-0.1, -0.05) is 13.0 Å². The lowest BCUT2D eigenvalue weighted by Crippen LogP contribution is -2.29. The van der Waals surface area contributed by atoms with Gasteiger partial charge in [-0.15, -0.1) is 0 Å². The fourth-order valence-electron chi connectivity index (χ4n) is 1.73. The van der Waals surface area contributed by atoms with Crippen molar-refractivity contribution in [1.82, 2.24) is 5.32 Å². The molecule has 4 nitrogen and oxygen atoms in total. The zero-order valence-electron chi connectivity index (χ0n) is 13.1. The molecule has 0 saturated carbocycles. The van der Waals surface area contributed by atoms with Gasteiger partial charge in [0, 0.05) is 12.6 Å². The van der Waals surface area contributed by atoms with Crippen molar-refractivity contribution in [3.05, 3.63) is 23.8 Å². The first kappa shape index (κ1) is 16.8. The largest absolute Gasteiger partial charge is 0.493 e. The maximum Gasteiger partial charge on any atom is 0.161 e. The molecule has 0 heterocycles. The van der Waals surface area contributed by atoms with E-state index in [1.54, 1.807) is 7.11 Å². The predicted molar refractivity (Wildman–Crippen MR) is 81.8 cm³/mol. The molecule has 4 heteroatoms. The van der Waals surface area contributed by atoms with Crippen LogP contribution in [0.4, 0.5) is 0 Å². The Bertz CT molecular complexity index is 382. The smallest absolute Gasteiger partial charge is 0.161 e. The molecule has 0 fully saturated rings. The summed E-state index contributed by atoms with van der Waals surface area (Å²) in [6, 6.07) is 6.45. The summed E-state index contributed by atoms with van der Waals surface area (Å²) in [5, 5.41) is 3.38. The zero-order chi connectivity index (χ0) is 14.8. The van der Waals surface area contributed by atoms with Crippen LogP contribution in [0.5, 0.6) is 11.5 Å². The Labute approximate surface area is 122 Å². The molecular formula is C16H27NO3. The highest BCUT2D eigenvalue weighted by Gasteiger charge is 2.03. The van der Waals surface area contributed by atoms with Crippen molar-refractivity contribution >= 4 is 0 Å². The lowest BCUT2D eigenvalue weighted by atomic mass is 10.2. The molecule has 0 aliphatic carbocycles. The Hall–Kier alpha value is -1.26. The van der Waals surface area contributed by atoms with Crippen molar-refractivity contribution in [1.29, 1.82) is 0 Å². The van der Waals surface area contributed by atoms with E-state index < -0.39 is 0 Å². The van der Waals surface area contributed by atoms with E-state index in [1.165, 1.54) is 0 Å². The minimum Gasteiger partial charge on any atom is -0.493 e. The first-order valence-corrected chi connectivity index (χ1v) is 7.26. The summed E-state index contributed by atoms with van der Waals surface area (Å²) in [4.78, 5) is 0. The molecule has 0 unspecified atom stereocenters. The summed E-state index contributed by atoms with van der Waals surface area (Å²) in [5.41, 5.74) is 1.15. The van der Waals surface area contributed by atoms with Gasteiger partial charge in [-0.3, -0.25) is 0 Å². The van der Waals surface area contributed by atoms with Crippen LogP contribution >= 0.6 is 0 Å². The van der Waals surface area contributed by atoms with Crippen LogP contribution in [0, 0.1) is 6.92 Å². The van der Waals surface area contributed by atoms with Gasteiger partial charge in [-0.05, 0) is 38.0 Å². The molecule has 0 aliphatic rings. The van der Waals surface area contributed by atoms with Gasteiger partial charge in [0.15, 0.2) is 11.5 Å². The molecule has 0 aromatic heterocycles. The molecule has 114 valence electrons. The van der Waals surface area contributed by atoms with Gasteiger partial charge < -0.3 is 19.5 Å². The van der Waals surface area contributed by atoms with Crippen LogP contribution in [-0.4, -0.2) is 39.5 Å². The van der Waals surface area contributed by atoms with Crippen molar-refractivity contribution in [3.8, 4) is 11.5 Å². The second-order valence-electron chi connectivity index (χ2n) is 4.88. The molecular weight excluding hydrogens is 254 g/mol. The SMILES string of the molecule is CC[C@@H](C)NCCOCCOc1ccc(C)cc1OC. The van der Waals surface area contributed by atoms with E-state index in [9.17, 15) is 0 Å². The van der Waals surface area contributed by atoms with Gasteiger partial charge in [-0.25, -0.2) is 0 Å².